The molecule has 3 nitrogen and oxygen atoms in total. The van der Waals surface area contributed by atoms with Crippen LogP contribution < -0.4 is 5.32 Å². The molecule has 0 spiro atoms. The van der Waals surface area contributed by atoms with Gasteiger partial charge in [-0.25, -0.2) is 0 Å². The van der Waals surface area contributed by atoms with Crippen molar-refractivity contribution in [1.82, 2.24) is 5.32 Å². The smallest absolute Gasteiger partial charge is 0.394 e. The van der Waals surface area contributed by atoms with Crippen molar-refractivity contribution in [3.05, 3.63) is 33.8 Å². The molecule has 1 amide bonds. The van der Waals surface area contributed by atoms with Gasteiger partial charge in [-0.15, -0.1) is 0 Å². The van der Waals surface area contributed by atoms with Gasteiger partial charge in [0.15, 0.2) is 0 Å². The molecule has 1 rings (SSSR count). The van der Waals surface area contributed by atoms with E-state index >= 15 is 0 Å². The number of nitrogens with one attached hydrogen (secondary N) is 1. The highest BCUT2D eigenvalue weighted by atomic mass is 79.9. The summed E-state index contributed by atoms with van der Waals surface area (Å²) < 4.78 is 38.0. The number of benzene rings is 1. The Morgan fingerprint density at radius 3 is 2.58 bits per heavy atom. The fourth-order valence-corrected chi connectivity index (χ4v) is 1.84. The summed E-state index contributed by atoms with van der Waals surface area (Å²) in [6.07, 6.45) is -4.02. The molecule has 19 heavy (non-hydrogen) atoms. The van der Waals surface area contributed by atoms with E-state index in [-0.39, 0.29) is 16.6 Å². The number of rotatable bonds is 4. The maximum atomic E-state index is 12.6. The van der Waals surface area contributed by atoms with E-state index in [2.05, 4.69) is 21.2 Å². The van der Waals surface area contributed by atoms with Crippen LogP contribution in [0, 0.1) is 0 Å². The Bertz CT molecular complexity index is 459. The third-order valence-electron chi connectivity index (χ3n) is 2.59. The van der Waals surface area contributed by atoms with Gasteiger partial charge in [0.1, 0.15) is 0 Å². The van der Waals surface area contributed by atoms with Gasteiger partial charge < -0.3 is 10.4 Å². The van der Waals surface area contributed by atoms with Crippen LogP contribution in [-0.4, -0.2) is 23.7 Å². The molecule has 0 aromatic heterocycles. The molecule has 2 N–H and O–H groups in total. The third kappa shape index (κ3) is 4.21. The Hall–Kier alpha value is -1.08. The zero-order chi connectivity index (χ0) is 14.6. The fraction of sp³-hybridized carbons (Fsp3) is 0.417. The summed E-state index contributed by atoms with van der Waals surface area (Å²) in [6.45, 7) is 1.49. The van der Waals surface area contributed by atoms with E-state index in [9.17, 15) is 18.0 Å². The molecule has 0 saturated heterocycles. The third-order valence-corrected chi connectivity index (χ3v) is 3.28. The van der Waals surface area contributed by atoms with Crippen LogP contribution in [0.15, 0.2) is 22.7 Å². The second-order valence-corrected chi connectivity index (χ2v) is 4.81. The number of hydrogen-bond acceptors (Lipinski definition) is 2. The molecule has 0 saturated carbocycles. The number of aliphatic hydroxyl groups is 1. The molecule has 7 heteroatoms. The van der Waals surface area contributed by atoms with Gasteiger partial charge in [-0.2, -0.15) is 13.2 Å². The normalized spacial score (nSPS) is 13.2. The van der Waals surface area contributed by atoms with Gasteiger partial charge in [0.2, 0.25) is 0 Å². The summed E-state index contributed by atoms with van der Waals surface area (Å²) in [5.74, 6) is -0.654. The molecule has 106 valence electrons. The minimum atomic E-state index is -4.50. The van der Waals surface area contributed by atoms with Crippen LogP contribution in [0.3, 0.4) is 0 Å². The molecule has 1 aromatic carbocycles. The number of aliphatic hydroxyl groups excluding tert-OH is 1. The molecule has 1 aromatic rings. The Morgan fingerprint density at radius 1 is 1.47 bits per heavy atom. The largest absolute Gasteiger partial charge is 0.416 e. The highest BCUT2D eigenvalue weighted by Gasteiger charge is 2.31. The van der Waals surface area contributed by atoms with Gasteiger partial charge in [0.05, 0.1) is 23.8 Å². The molecule has 0 unspecified atom stereocenters. The van der Waals surface area contributed by atoms with Crippen LogP contribution >= 0.6 is 15.9 Å². The predicted octanol–water partition coefficient (Wildman–Crippen LogP) is 2.97. The molecule has 0 aliphatic heterocycles. The minimum Gasteiger partial charge on any atom is -0.394 e. The Morgan fingerprint density at radius 2 is 2.11 bits per heavy atom. The SMILES string of the molecule is CC[C@@H](CO)NC(=O)c1cc(C(F)(F)F)ccc1Br. The molecule has 0 heterocycles. The molecular formula is C12H13BrF3NO2. The molecule has 0 radical (unpaired) electrons. The Balaban J connectivity index is 3.02. The van der Waals surface area contributed by atoms with Gasteiger partial charge in [-0.05, 0) is 40.5 Å². The summed E-state index contributed by atoms with van der Waals surface area (Å²) in [5, 5.41) is 11.4. The van der Waals surface area contributed by atoms with E-state index < -0.39 is 23.7 Å². The van der Waals surface area contributed by atoms with Crippen molar-refractivity contribution < 1.29 is 23.1 Å². The predicted molar refractivity (Wildman–Crippen MR) is 67.8 cm³/mol. The number of amides is 1. The van der Waals surface area contributed by atoms with Crippen LogP contribution in [0.4, 0.5) is 13.2 Å². The molecule has 1 atom stereocenters. The van der Waals surface area contributed by atoms with Crippen molar-refractivity contribution in [2.45, 2.75) is 25.6 Å². The van der Waals surface area contributed by atoms with E-state index in [4.69, 9.17) is 5.11 Å². The summed E-state index contributed by atoms with van der Waals surface area (Å²) in [5.41, 5.74) is -1.00. The molecule has 0 fully saturated rings. The fourth-order valence-electron chi connectivity index (χ4n) is 1.42. The second kappa shape index (κ2) is 6.38. The molecular weight excluding hydrogens is 327 g/mol. The Kier molecular flexibility index (Phi) is 5.37. The number of halogens is 4. The summed E-state index contributed by atoms with van der Waals surface area (Å²) in [4.78, 5) is 11.9. The average molecular weight is 340 g/mol. The van der Waals surface area contributed by atoms with Crippen LogP contribution in [0.1, 0.15) is 29.3 Å². The quantitative estimate of drug-likeness (QED) is 0.885. The van der Waals surface area contributed by atoms with Crippen molar-refractivity contribution in [3.8, 4) is 0 Å². The van der Waals surface area contributed by atoms with E-state index in [1.54, 1.807) is 6.92 Å². The zero-order valence-electron chi connectivity index (χ0n) is 10.1. The van der Waals surface area contributed by atoms with Gasteiger partial charge in [-0.3, -0.25) is 4.79 Å². The lowest BCUT2D eigenvalue weighted by molar-refractivity contribution is -0.137. The maximum absolute atomic E-state index is 12.6. The first kappa shape index (κ1) is 16.0. The van der Waals surface area contributed by atoms with Gasteiger partial charge in [0, 0.05) is 4.47 Å². The monoisotopic (exact) mass is 339 g/mol. The topological polar surface area (TPSA) is 49.3 Å². The number of hydrogen-bond donors (Lipinski definition) is 2. The number of carbonyl (C=O) groups is 1. The van der Waals surface area contributed by atoms with Crippen LogP contribution in [0.25, 0.3) is 0 Å². The highest BCUT2D eigenvalue weighted by molar-refractivity contribution is 9.10. The highest BCUT2D eigenvalue weighted by Crippen LogP contribution is 2.31. The summed E-state index contributed by atoms with van der Waals surface area (Å²) in [7, 11) is 0. The maximum Gasteiger partial charge on any atom is 0.416 e. The van der Waals surface area contributed by atoms with Crippen molar-refractivity contribution in [1.29, 1.82) is 0 Å². The second-order valence-electron chi connectivity index (χ2n) is 3.95. The first-order valence-corrected chi connectivity index (χ1v) is 6.37. The van der Waals surface area contributed by atoms with Crippen molar-refractivity contribution >= 4 is 21.8 Å². The van der Waals surface area contributed by atoms with E-state index in [0.29, 0.717) is 6.42 Å². The molecule has 0 bridgehead atoms. The average Bonchev–Trinajstić information content (AvgIpc) is 2.34. The summed E-state index contributed by atoms with van der Waals surface area (Å²) in [6, 6.07) is 2.37. The standard InChI is InChI=1S/C12H13BrF3NO2/c1-2-8(6-18)17-11(19)9-5-7(12(14,15)16)3-4-10(9)13/h3-5,8,18H,2,6H2,1H3,(H,17,19)/t8-/m0/s1. The van der Waals surface area contributed by atoms with Crippen molar-refractivity contribution in [2.24, 2.45) is 0 Å². The molecule has 0 aliphatic carbocycles. The lowest BCUT2D eigenvalue weighted by Crippen LogP contribution is -2.37. The first-order valence-electron chi connectivity index (χ1n) is 5.58. The van der Waals surface area contributed by atoms with E-state index in [1.807, 2.05) is 0 Å². The first-order chi connectivity index (χ1) is 8.79. The van der Waals surface area contributed by atoms with E-state index in [0.717, 1.165) is 12.1 Å². The zero-order valence-corrected chi connectivity index (χ0v) is 11.7. The van der Waals surface area contributed by atoms with Crippen LogP contribution in [-0.2, 0) is 6.18 Å². The summed E-state index contributed by atoms with van der Waals surface area (Å²) >= 11 is 3.04. The van der Waals surface area contributed by atoms with Gasteiger partial charge in [0.25, 0.3) is 5.91 Å². The van der Waals surface area contributed by atoms with Gasteiger partial charge >= 0.3 is 6.18 Å². The lowest BCUT2D eigenvalue weighted by Gasteiger charge is -2.15. The van der Waals surface area contributed by atoms with Gasteiger partial charge in [-0.1, -0.05) is 6.92 Å². The van der Waals surface area contributed by atoms with E-state index in [1.165, 1.54) is 6.07 Å². The van der Waals surface area contributed by atoms with Crippen LogP contribution in [0.5, 0.6) is 0 Å². The number of carbonyl (C=O) groups excluding carboxylic acids is 1. The number of alkyl halides is 3. The van der Waals surface area contributed by atoms with Crippen molar-refractivity contribution in [3.63, 3.8) is 0 Å². The molecule has 0 aliphatic rings. The Labute approximate surface area is 116 Å². The minimum absolute atomic E-state index is 0.110. The van der Waals surface area contributed by atoms with Crippen LogP contribution in [0.2, 0.25) is 0 Å². The van der Waals surface area contributed by atoms with Crippen molar-refractivity contribution in [2.75, 3.05) is 6.61 Å². The lowest BCUT2D eigenvalue weighted by atomic mass is 10.1.